The van der Waals surface area contributed by atoms with Crippen LogP contribution in [0.2, 0.25) is 5.02 Å². The van der Waals surface area contributed by atoms with Crippen LogP contribution >= 0.6 is 11.6 Å². The number of halogens is 2. The number of hydrogen-bond donors (Lipinski definition) is 4. The van der Waals surface area contributed by atoms with E-state index in [0.717, 1.165) is 5.56 Å². The van der Waals surface area contributed by atoms with E-state index in [2.05, 4.69) is 36.2 Å². The summed E-state index contributed by atoms with van der Waals surface area (Å²) in [6.45, 7) is 0.337. The maximum atomic E-state index is 14.0. The molecule has 0 saturated heterocycles. The average Bonchev–Trinajstić information content (AvgIpc) is 2.91. The zero-order chi connectivity index (χ0) is 26.2. The van der Waals surface area contributed by atoms with E-state index in [1.165, 1.54) is 32.5 Å². The predicted octanol–water partition coefficient (Wildman–Crippen LogP) is 5.49. The van der Waals surface area contributed by atoms with Gasteiger partial charge in [0, 0.05) is 42.4 Å². The van der Waals surface area contributed by atoms with Crippen molar-refractivity contribution in [1.29, 1.82) is 0 Å². The van der Waals surface area contributed by atoms with Crippen molar-refractivity contribution in [1.82, 2.24) is 20.3 Å². The Hall–Kier alpha value is -4.64. The number of anilines is 5. The molecule has 0 unspecified atom stereocenters. The molecular weight excluding hydrogens is 501 g/mol. The first-order valence-corrected chi connectivity index (χ1v) is 11.3. The lowest BCUT2D eigenvalue weighted by atomic mass is 10.2. The molecule has 37 heavy (non-hydrogen) atoms. The van der Waals surface area contributed by atoms with Gasteiger partial charge in [-0.05, 0) is 35.9 Å². The summed E-state index contributed by atoms with van der Waals surface area (Å²) in [5, 5.41) is 11.8. The van der Waals surface area contributed by atoms with Crippen molar-refractivity contribution in [3.63, 3.8) is 0 Å². The van der Waals surface area contributed by atoms with E-state index in [0.29, 0.717) is 29.4 Å². The molecule has 0 aliphatic heterocycles. The molecule has 4 N–H and O–H groups in total. The van der Waals surface area contributed by atoms with Gasteiger partial charge in [0.05, 0.1) is 26.1 Å². The molecule has 0 radical (unpaired) electrons. The van der Waals surface area contributed by atoms with E-state index in [1.807, 2.05) is 6.07 Å². The Balaban J connectivity index is 1.43. The summed E-state index contributed by atoms with van der Waals surface area (Å²) in [5.41, 5.74) is 2.38. The minimum atomic E-state index is -0.528. The highest BCUT2D eigenvalue weighted by molar-refractivity contribution is 6.32. The maximum absolute atomic E-state index is 14.0. The predicted molar refractivity (Wildman–Crippen MR) is 140 cm³/mol. The van der Waals surface area contributed by atoms with Crippen LogP contribution in [0.4, 0.5) is 38.0 Å². The van der Waals surface area contributed by atoms with Crippen molar-refractivity contribution >= 4 is 46.5 Å². The van der Waals surface area contributed by atoms with Gasteiger partial charge in [-0.15, -0.1) is 0 Å². The number of nitrogens with zero attached hydrogens (tertiary/aromatic N) is 3. The number of nitrogens with one attached hydrogen (secondary N) is 4. The highest BCUT2D eigenvalue weighted by atomic mass is 35.5. The normalized spacial score (nSPS) is 10.4. The van der Waals surface area contributed by atoms with Gasteiger partial charge in [-0.1, -0.05) is 17.7 Å². The molecule has 0 spiro atoms. The number of pyridine rings is 1. The van der Waals surface area contributed by atoms with E-state index < -0.39 is 5.82 Å². The first-order valence-electron chi connectivity index (χ1n) is 11.0. The Labute approximate surface area is 217 Å². The lowest BCUT2D eigenvalue weighted by molar-refractivity contribution is 0.251. The molecule has 12 heteroatoms. The lowest BCUT2D eigenvalue weighted by Gasteiger charge is -2.14. The number of rotatable bonds is 9. The fourth-order valence-electron chi connectivity index (χ4n) is 3.25. The van der Waals surface area contributed by atoms with Crippen molar-refractivity contribution in [2.24, 2.45) is 0 Å². The molecule has 2 amide bonds. The Morgan fingerprint density at radius 3 is 2.54 bits per heavy atom. The third-order valence-corrected chi connectivity index (χ3v) is 5.32. The third kappa shape index (κ3) is 6.73. The molecule has 0 atom stereocenters. The number of carbonyl (C=O) groups is 1. The van der Waals surface area contributed by atoms with Crippen molar-refractivity contribution in [2.75, 3.05) is 30.2 Å². The van der Waals surface area contributed by atoms with E-state index >= 15 is 0 Å². The van der Waals surface area contributed by atoms with E-state index in [9.17, 15) is 9.18 Å². The summed E-state index contributed by atoms with van der Waals surface area (Å²) < 4.78 is 24.4. The van der Waals surface area contributed by atoms with Gasteiger partial charge in [0.1, 0.15) is 10.8 Å². The molecule has 190 valence electrons. The molecular formula is C25H23ClFN7O3. The summed E-state index contributed by atoms with van der Waals surface area (Å²) in [6, 6.07) is 12.7. The summed E-state index contributed by atoms with van der Waals surface area (Å²) in [5.74, 6) is 0.522. The second-order valence-electron chi connectivity index (χ2n) is 7.57. The van der Waals surface area contributed by atoms with Crippen LogP contribution in [-0.2, 0) is 6.54 Å². The Morgan fingerprint density at radius 2 is 1.81 bits per heavy atom. The van der Waals surface area contributed by atoms with Gasteiger partial charge in [-0.2, -0.15) is 4.98 Å². The molecule has 2 aromatic heterocycles. The molecule has 2 heterocycles. The van der Waals surface area contributed by atoms with Gasteiger partial charge in [-0.25, -0.2) is 14.2 Å². The second kappa shape index (κ2) is 11.9. The van der Waals surface area contributed by atoms with Gasteiger partial charge in [0.25, 0.3) is 0 Å². The smallest absolute Gasteiger partial charge is 0.319 e. The lowest BCUT2D eigenvalue weighted by Crippen LogP contribution is -2.28. The minimum absolute atomic E-state index is 0.123. The first-order chi connectivity index (χ1) is 17.9. The molecule has 4 aromatic rings. The van der Waals surface area contributed by atoms with Crippen molar-refractivity contribution in [2.45, 2.75) is 6.54 Å². The molecule has 0 aliphatic carbocycles. The molecule has 2 aromatic carbocycles. The molecule has 0 saturated carbocycles. The quantitative estimate of drug-likeness (QED) is 0.227. The maximum Gasteiger partial charge on any atom is 0.319 e. The number of benzene rings is 2. The minimum Gasteiger partial charge on any atom is -0.494 e. The van der Waals surface area contributed by atoms with Crippen LogP contribution in [-0.4, -0.2) is 35.2 Å². The van der Waals surface area contributed by atoms with Crippen molar-refractivity contribution in [3.8, 4) is 11.5 Å². The highest BCUT2D eigenvalue weighted by Gasteiger charge is 2.12. The number of amides is 2. The number of aromatic nitrogens is 3. The van der Waals surface area contributed by atoms with Crippen LogP contribution in [0.15, 0.2) is 67.1 Å². The first kappa shape index (κ1) is 25.5. The van der Waals surface area contributed by atoms with Crippen molar-refractivity contribution in [3.05, 3.63) is 83.5 Å². The van der Waals surface area contributed by atoms with E-state index in [4.69, 9.17) is 21.1 Å². The molecule has 0 bridgehead atoms. The average molecular weight is 524 g/mol. The SMILES string of the molecule is COc1ccc(Nc2nc(Nc3ccc(NC(=O)NCc4cccnc4)cc3OC)ncc2Cl)cc1F. The van der Waals surface area contributed by atoms with Crippen LogP contribution in [0.1, 0.15) is 5.56 Å². The zero-order valence-corrected chi connectivity index (χ0v) is 20.6. The zero-order valence-electron chi connectivity index (χ0n) is 19.9. The Morgan fingerprint density at radius 1 is 1.00 bits per heavy atom. The van der Waals surface area contributed by atoms with Crippen LogP contribution in [0, 0.1) is 5.82 Å². The van der Waals surface area contributed by atoms with Crippen LogP contribution < -0.4 is 30.7 Å². The third-order valence-electron chi connectivity index (χ3n) is 5.04. The molecule has 4 rings (SSSR count). The Kier molecular flexibility index (Phi) is 8.16. The highest BCUT2D eigenvalue weighted by Crippen LogP contribution is 2.31. The van der Waals surface area contributed by atoms with Crippen LogP contribution in [0.5, 0.6) is 11.5 Å². The summed E-state index contributed by atoms with van der Waals surface area (Å²) in [7, 11) is 2.89. The fraction of sp³-hybridized carbons (Fsp3) is 0.120. The summed E-state index contributed by atoms with van der Waals surface area (Å²) in [4.78, 5) is 24.9. The van der Waals surface area contributed by atoms with Gasteiger partial charge < -0.3 is 30.7 Å². The molecule has 0 fully saturated rings. The van der Waals surface area contributed by atoms with Gasteiger partial charge in [0.2, 0.25) is 5.95 Å². The van der Waals surface area contributed by atoms with Gasteiger partial charge >= 0.3 is 6.03 Å². The molecule has 10 nitrogen and oxygen atoms in total. The van der Waals surface area contributed by atoms with Gasteiger partial charge in [-0.3, -0.25) is 4.98 Å². The fourth-order valence-corrected chi connectivity index (χ4v) is 3.39. The number of methoxy groups -OCH3 is 2. The van der Waals surface area contributed by atoms with Crippen molar-refractivity contribution < 1.29 is 18.7 Å². The topological polar surface area (TPSA) is 122 Å². The Bertz CT molecular complexity index is 1390. The molecule has 0 aliphatic rings. The van der Waals surface area contributed by atoms with Crippen LogP contribution in [0.25, 0.3) is 0 Å². The van der Waals surface area contributed by atoms with Crippen LogP contribution in [0.3, 0.4) is 0 Å². The largest absolute Gasteiger partial charge is 0.494 e. The van der Waals surface area contributed by atoms with E-state index in [-0.39, 0.29) is 28.6 Å². The number of urea groups is 1. The standard InChI is InChI=1S/C25H23ClFN7O3/c1-36-21-8-6-16(10-19(21)27)31-23-18(26)14-29-24(34-23)33-20-7-5-17(11-22(20)37-2)32-25(35)30-13-15-4-3-9-28-12-15/h3-12,14H,13H2,1-2H3,(H2,30,32,35)(H2,29,31,33,34). The number of hydrogen-bond acceptors (Lipinski definition) is 8. The number of ether oxygens (including phenoxy) is 2. The van der Waals surface area contributed by atoms with E-state index in [1.54, 1.807) is 42.7 Å². The number of carbonyl (C=O) groups excluding carboxylic acids is 1. The van der Waals surface area contributed by atoms with Gasteiger partial charge in [0.15, 0.2) is 17.4 Å². The summed E-state index contributed by atoms with van der Waals surface area (Å²) >= 11 is 6.23. The monoisotopic (exact) mass is 523 g/mol. The second-order valence-corrected chi connectivity index (χ2v) is 7.98. The summed E-state index contributed by atoms with van der Waals surface area (Å²) in [6.07, 6.45) is 4.76.